The fourth-order valence-corrected chi connectivity index (χ4v) is 2.44. The number of aromatic amines is 1. The number of hydrogen-bond acceptors (Lipinski definition) is 5. The molecule has 1 N–H and O–H groups in total. The van der Waals surface area contributed by atoms with Crippen molar-refractivity contribution in [2.75, 3.05) is 27.2 Å². The lowest BCUT2D eigenvalue weighted by atomic mass is 10.2. The highest BCUT2D eigenvalue weighted by Gasteiger charge is 2.20. The first-order valence-corrected chi connectivity index (χ1v) is 8.05. The number of H-pyrrole nitrogens is 1. The van der Waals surface area contributed by atoms with Gasteiger partial charge in [-0.3, -0.25) is 14.9 Å². The molecule has 3 aromatic heterocycles. The summed E-state index contributed by atoms with van der Waals surface area (Å²) in [6.07, 6.45) is 5.08. The van der Waals surface area contributed by atoms with E-state index in [0.29, 0.717) is 30.2 Å². The van der Waals surface area contributed by atoms with Crippen LogP contribution in [0, 0.1) is 0 Å². The third-order valence-electron chi connectivity index (χ3n) is 3.78. The molecule has 0 unspecified atom stereocenters. The second-order valence-corrected chi connectivity index (χ2v) is 6.04. The molecule has 0 bridgehead atoms. The van der Waals surface area contributed by atoms with Gasteiger partial charge in [-0.2, -0.15) is 5.10 Å². The van der Waals surface area contributed by atoms with Gasteiger partial charge in [-0.05, 0) is 37.9 Å². The topological polar surface area (TPSA) is 78.3 Å². The SMILES string of the molecule is CN(C)CCN(Cc1cccnc1)C(=O)c1cc(-c2ccco2)[nH]n1. The standard InChI is InChI=1S/C18H21N5O2/c1-22(2)8-9-23(13-14-5-3-7-19-12-14)18(24)16-11-15(20-21-16)17-6-4-10-25-17/h3-7,10-12H,8-9,13H2,1-2H3,(H,20,21). The summed E-state index contributed by atoms with van der Waals surface area (Å²) in [6.45, 7) is 1.86. The number of carbonyl (C=O) groups excluding carboxylic acids is 1. The summed E-state index contributed by atoms with van der Waals surface area (Å²) >= 11 is 0. The number of hydrogen-bond donors (Lipinski definition) is 1. The molecule has 0 spiro atoms. The molecule has 0 atom stereocenters. The molecule has 3 rings (SSSR count). The first kappa shape index (κ1) is 16.9. The Morgan fingerprint density at radius 3 is 2.80 bits per heavy atom. The number of pyridine rings is 1. The lowest BCUT2D eigenvalue weighted by Gasteiger charge is -2.23. The van der Waals surface area contributed by atoms with Crippen molar-refractivity contribution in [1.82, 2.24) is 25.0 Å². The first-order valence-electron chi connectivity index (χ1n) is 8.05. The van der Waals surface area contributed by atoms with Crippen LogP contribution in [-0.4, -0.2) is 58.1 Å². The van der Waals surface area contributed by atoms with Crippen molar-refractivity contribution >= 4 is 5.91 Å². The summed E-state index contributed by atoms with van der Waals surface area (Å²) < 4.78 is 5.34. The lowest BCUT2D eigenvalue weighted by Crippen LogP contribution is -2.36. The van der Waals surface area contributed by atoms with Crippen LogP contribution in [0.5, 0.6) is 0 Å². The highest BCUT2D eigenvalue weighted by Crippen LogP contribution is 2.19. The van der Waals surface area contributed by atoms with Gasteiger partial charge in [-0.15, -0.1) is 0 Å². The van der Waals surface area contributed by atoms with Crippen molar-refractivity contribution < 1.29 is 9.21 Å². The number of nitrogens with one attached hydrogen (secondary N) is 1. The molecule has 7 nitrogen and oxygen atoms in total. The van der Waals surface area contributed by atoms with Crippen molar-refractivity contribution in [3.8, 4) is 11.5 Å². The van der Waals surface area contributed by atoms with Crippen LogP contribution in [0.15, 0.2) is 53.4 Å². The Kier molecular flexibility index (Phi) is 5.25. The van der Waals surface area contributed by atoms with E-state index in [2.05, 4.69) is 15.2 Å². The second kappa shape index (κ2) is 7.76. The third-order valence-corrected chi connectivity index (χ3v) is 3.78. The van der Waals surface area contributed by atoms with E-state index in [4.69, 9.17) is 4.42 Å². The Morgan fingerprint density at radius 2 is 2.12 bits per heavy atom. The van der Waals surface area contributed by atoms with Crippen molar-refractivity contribution in [2.24, 2.45) is 0 Å². The van der Waals surface area contributed by atoms with E-state index in [-0.39, 0.29) is 5.91 Å². The molecular weight excluding hydrogens is 318 g/mol. The van der Waals surface area contributed by atoms with E-state index in [1.807, 2.05) is 37.2 Å². The molecule has 130 valence electrons. The predicted octanol–water partition coefficient (Wildman–Crippen LogP) is 2.27. The molecule has 0 fully saturated rings. The van der Waals surface area contributed by atoms with Crippen molar-refractivity contribution in [3.05, 3.63) is 60.2 Å². The van der Waals surface area contributed by atoms with E-state index in [9.17, 15) is 4.79 Å². The third kappa shape index (κ3) is 4.33. The number of aromatic nitrogens is 3. The molecule has 1 amide bonds. The van der Waals surface area contributed by atoms with E-state index in [1.54, 1.807) is 35.7 Å². The second-order valence-electron chi connectivity index (χ2n) is 6.04. The fraction of sp³-hybridized carbons (Fsp3) is 0.278. The maximum Gasteiger partial charge on any atom is 0.274 e. The van der Waals surface area contributed by atoms with Gasteiger partial charge in [0.2, 0.25) is 0 Å². The summed E-state index contributed by atoms with van der Waals surface area (Å²) in [5.41, 5.74) is 2.03. The van der Waals surface area contributed by atoms with Gasteiger partial charge in [0.1, 0.15) is 5.69 Å². The Bertz CT molecular complexity index is 796. The largest absolute Gasteiger partial charge is 0.463 e. The van der Waals surface area contributed by atoms with Crippen LogP contribution in [0.1, 0.15) is 16.1 Å². The van der Waals surface area contributed by atoms with E-state index in [0.717, 1.165) is 12.1 Å². The van der Waals surface area contributed by atoms with Crippen LogP contribution < -0.4 is 0 Å². The molecule has 0 radical (unpaired) electrons. The minimum absolute atomic E-state index is 0.125. The average molecular weight is 339 g/mol. The summed E-state index contributed by atoms with van der Waals surface area (Å²) in [7, 11) is 3.96. The normalized spacial score (nSPS) is 11.0. The van der Waals surface area contributed by atoms with Gasteiger partial charge in [-0.1, -0.05) is 6.07 Å². The molecule has 3 heterocycles. The maximum atomic E-state index is 12.9. The molecule has 3 aromatic rings. The molecule has 0 saturated heterocycles. The summed E-state index contributed by atoms with van der Waals surface area (Å²) in [4.78, 5) is 20.9. The average Bonchev–Trinajstić information content (AvgIpc) is 3.29. The van der Waals surface area contributed by atoms with Crippen LogP contribution in [0.4, 0.5) is 0 Å². The van der Waals surface area contributed by atoms with Crippen molar-refractivity contribution in [1.29, 1.82) is 0 Å². The zero-order chi connectivity index (χ0) is 17.6. The number of nitrogens with zero attached hydrogens (tertiary/aromatic N) is 4. The van der Waals surface area contributed by atoms with Gasteiger partial charge in [0.15, 0.2) is 11.5 Å². The molecule has 7 heteroatoms. The van der Waals surface area contributed by atoms with E-state index in [1.165, 1.54) is 0 Å². The van der Waals surface area contributed by atoms with Gasteiger partial charge in [0.25, 0.3) is 5.91 Å². The van der Waals surface area contributed by atoms with Gasteiger partial charge in [-0.25, -0.2) is 0 Å². The summed E-state index contributed by atoms with van der Waals surface area (Å²) in [5.74, 6) is 0.526. The van der Waals surface area contributed by atoms with Gasteiger partial charge < -0.3 is 14.2 Å². The number of rotatable bonds is 7. The smallest absolute Gasteiger partial charge is 0.274 e. The monoisotopic (exact) mass is 339 g/mol. The van der Waals surface area contributed by atoms with Crippen LogP contribution >= 0.6 is 0 Å². The van der Waals surface area contributed by atoms with Crippen LogP contribution in [0.25, 0.3) is 11.5 Å². The molecular formula is C18H21N5O2. The quantitative estimate of drug-likeness (QED) is 0.714. The highest BCUT2D eigenvalue weighted by atomic mass is 16.3. The summed E-state index contributed by atoms with van der Waals surface area (Å²) in [5, 5.41) is 7.01. The Morgan fingerprint density at radius 1 is 1.24 bits per heavy atom. The zero-order valence-electron chi connectivity index (χ0n) is 14.3. The predicted molar refractivity (Wildman–Crippen MR) is 93.8 cm³/mol. The van der Waals surface area contributed by atoms with Crippen LogP contribution in [0.3, 0.4) is 0 Å². The minimum Gasteiger partial charge on any atom is -0.463 e. The zero-order valence-corrected chi connectivity index (χ0v) is 14.3. The van der Waals surface area contributed by atoms with Crippen LogP contribution in [0.2, 0.25) is 0 Å². The van der Waals surface area contributed by atoms with E-state index < -0.39 is 0 Å². The maximum absolute atomic E-state index is 12.9. The Balaban J connectivity index is 1.78. The molecule has 0 aliphatic rings. The Labute approximate surface area is 146 Å². The highest BCUT2D eigenvalue weighted by molar-refractivity contribution is 5.93. The lowest BCUT2D eigenvalue weighted by molar-refractivity contribution is 0.0726. The first-order chi connectivity index (χ1) is 12.1. The number of likely N-dealkylation sites (N-methyl/N-ethyl adjacent to an activating group) is 1. The molecule has 0 saturated carbocycles. The minimum atomic E-state index is -0.125. The van der Waals surface area contributed by atoms with Gasteiger partial charge >= 0.3 is 0 Å². The van der Waals surface area contributed by atoms with Gasteiger partial charge in [0.05, 0.1) is 6.26 Å². The number of carbonyl (C=O) groups is 1. The molecule has 0 aliphatic heterocycles. The Hall–Kier alpha value is -2.93. The van der Waals surface area contributed by atoms with Crippen LogP contribution in [-0.2, 0) is 6.54 Å². The van der Waals surface area contributed by atoms with Crippen molar-refractivity contribution in [3.63, 3.8) is 0 Å². The molecule has 0 aromatic carbocycles. The molecule has 0 aliphatic carbocycles. The van der Waals surface area contributed by atoms with Crippen molar-refractivity contribution in [2.45, 2.75) is 6.54 Å². The summed E-state index contributed by atoms with van der Waals surface area (Å²) in [6, 6.07) is 9.16. The fourth-order valence-electron chi connectivity index (χ4n) is 2.44. The van der Waals surface area contributed by atoms with E-state index >= 15 is 0 Å². The number of furan rings is 1. The van der Waals surface area contributed by atoms with Gasteiger partial charge in [0, 0.05) is 38.1 Å². The molecule has 25 heavy (non-hydrogen) atoms. The number of amides is 1.